The predicted molar refractivity (Wildman–Crippen MR) is 78.9 cm³/mol. The van der Waals surface area contributed by atoms with Crippen LogP contribution in [0, 0.1) is 5.82 Å². The third kappa shape index (κ3) is 3.39. The van der Waals surface area contributed by atoms with E-state index in [1.807, 2.05) is 6.07 Å². The molecule has 0 aliphatic rings. The van der Waals surface area contributed by atoms with E-state index in [1.165, 1.54) is 6.07 Å². The minimum absolute atomic E-state index is 0.0973. The van der Waals surface area contributed by atoms with Gasteiger partial charge in [-0.05, 0) is 29.8 Å². The first-order valence-corrected chi connectivity index (χ1v) is 6.29. The Bertz CT molecular complexity index is 619. The van der Waals surface area contributed by atoms with Crippen molar-refractivity contribution in [1.82, 2.24) is 4.98 Å². The molecule has 2 aromatic rings. The molecule has 1 aromatic carbocycles. The van der Waals surface area contributed by atoms with Gasteiger partial charge in [-0.2, -0.15) is 0 Å². The second kappa shape index (κ2) is 5.95. The molecule has 0 saturated heterocycles. The molecular formula is C13H11ClFN3S. The average Bonchev–Trinajstić information content (AvgIpc) is 2.40. The zero-order chi connectivity index (χ0) is 13.8. The Morgan fingerprint density at radius 3 is 2.89 bits per heavy atom. The van der Waals surface area contributed by atoms with Gasteiger partial charge in [-0.3, -0.25) is 4.98 Å². The third-order valence-corrected chi connectivity index (χ3v) is 2.99. The summed E-state index contributed by atoms with van der Waals surface area (Å²) in [5.74, 6) is -0.435. The lowest BCUT2D eigenvalue weighted by atomic mass is 10.2. The first kappa shape index (κ1) is 13.7. The molecule has 0 saturated carbocycles. The van der Waals surface area contributed by atoms with Crippen LogP contribution in [0.3, 0.4) is 0 Å². The van der Waals surface area contributed by atoms with E-state index in [0.717, 1.165) is 11.3 Å². The first-order chi connectivity index (χ1) is 9.08. The number of nitrogens with zero attached hydrogens (tertiary/aromatic N) is 1. The Morgan fingerprint density at radius 2 is 2.21 bits per heavy atom. The maximum atomic E-state index is 13.0. The first-order valence-electron chi connectivity index (χ1n) is 5.50. The lowest BCUT2D eigenvalue weighted by Gasteiger charge is -2.10. The molecule has 0 amide bonds. The Hall–Kier alpha value is -1.72. The van der Waals surface area contributed by atoms with E-state index in [0.29, 0.717) is 12.2 Å². The number of thiocarbonyl (C=S) groups is 1. The van der Waals surface area contributed by atoms with E-state index in [2.05, 4.69) is 10.3 Å². The molecule has 0 radical (unpaired) electrons. The van der Waals surface area contributed by atoms with Crippen molar-refractivity contribution in [3.63, 3.8) is 0 Å². The molecule has 0 aliphatic heterocycles. The van der Waals surface area contributed by atoms with Gasteiger partial charge in [-0.25, -0.2) is 4.39 Å². The number of halogens is 2. The molecule has 0 aliphatic carbocycles. The second-order valence-electron chi connectivity index (χ2n) is 3.87. The highest BCUT2D eigenvalue weighted by Crippen LogP contribution is 2.18. The van der Waals surface area contributed by atoms with E-state index in [4.69, 9.17) is 29.6 Å². The van der Waals surface area contributed by atoms with E-state index in [1.54, 1.807) is 24.4 Å². The Labute approximate surface area is 120 Å². The van der Waals surface area contributed by atoms with Crippen LogP contribution < -0.4 is 11.1 Å². The van der Waals surface area contributed by atoms with E-state index >= 15 is 0 Å². The maximum absolute atomic E-state index is 13.0. The van der Waals surface area contributed by atoms with Gasteiger partial charge in [-0.1, -0.05) is 29.9 Å². The smallest absolute Gasteiger partial charge is 0.141 e. The van der Waals surface area contributed by atoms with Crippen LogP contribution in [0.4, 0.5) is 10.1 Å². The van der Waals surface area contributed by atoms with Gasteiger partial charge in [0.25, 0.3) is 0 Å². The highest BCUT2D eigenvalue weighted by molar-refractivity contribution is 7.80. The number of rotatable bonds is 4. The van der Waals surface area contributed by atoms with E-state index in [9.17, 15) is 4.39 Å². The van der Waals surface area contributed by atoms with Gasteiger partial charge in [0.1, 0.15) is 16.5 Å². The average molecular weight is 296 g/mol. The minimum Gasteiger partial charge on any atom is -0.388 e. The second-order valence-corrected chi connectivity index (χ2v) is 4.71. The van der Waals surface area contributed by atoms with Gasteiger partial charge in [-0.15, -0.1) is 0 Å². The summed E-state index contributed by atoms with van der Waals surface area (Å²) in [6, 6.07) is 8.16. The van der Waals surface area contributed by atoms with Gasteiger partial charge >= 0.3 is 0 Å². The minimum atomic E-state index is -0.435. The molecule has 0 spiro atoms. The van der Waals surface area contributed by atoms with Crippen LogP contribution in [0.25, 0.3) is 0 Å². The van der Waals surface area contributed by atoms with Crippen LogP contribution in [0.15, 0.2) is 36.5 Å². The van der Waals surface area contributed by atoms with Crippen LogP contribution in [0.1, 0.15) is 11.3 Å². The van der Waals surface area contributed by atoms with Crippen molar-refractivity contribution in [3.05, 3.63) is 58.6 Å². The van der Waals surface area contributed by atoms with Gasteiger partial charge < -0.3 is 11.1 Å². The largest absolute Gasteiger partial charge is 0.388 e. The fourth-order valence-electron chi connectivity index (χ4n) is 1.59. The van der Waals surface area contributed by atoms with Crippen LogP contribution >= 0.6 is 23.8 Å². The number of hydrogen-bond donors (Lipinski definition) is 2. The molecule has 19 heavy (non-hydrogen) atoms. The summed E-state index contributed by atoms with van der Waals surface area (Å²) >= 11 is 10.6. The number of nitrogens with two attached hydrogens (primary N) is 1. The van der Waals surface area contributed by atoms with Crippen molar-refractivity contribution in [2.45, 2.75) is 6.54 Å². The highest BCUT2D eigenvalue weighted by Gasteiger charge is 2.06. The molecule has 0 bridgehead atoms. The molecule has 6 heteroatoms. The van der Waals surface area contributed by atoms with Gasteiger partial charge in [0.2, 0.25) is 0 Å². The number of nitrogens with one attached hydrogen (secondary N) is 1. The molecular weight excluding hydrogens is 285 g/mol. The molecule has 0 fully saturated rings. The summed E-state index contributed by atoms with van der Waals surface area (Å²) in [6.07, 6.45) is 1.62. The monoisotopic (exact) mass is 295 g/mol. The van der Waals surface area contributed by atoms with Crippen LogP contribution in [0.5, 0.6) is 0 Å². The third-order valence-electron chi connectivity index (χ3n) is 2.51. The Kier molecular flexibility index (Phi) is 4.29. The summed E-state index contributed by atoms with van der Waals surface area (Å²) in [5, 5.41) is 3.24. The van der Waals surface area contributed by atoms with Crippen molar-refractivity contribution >= 4 is 34.5 Å². The molecule has 98 valence electrons. The fraction of sp³-hybridized carbons (Fsp3) is 0.0769. The van der Waals surface area contributed by atoms with Crippen molar-refractivity contribution in [3.8, 4) is 0 Å². The topological polar surface area (TPSA) is 50.9 Å². The fourth-order valence-corrected chi connectivity index (χ4v) is 1.96. The molecule has 1 heterocycles. The molecule has 0 atom stereocenters. The normalized spacial score (nSPS) is 10.2. The summed E-state index contributed by atoms with van der Waals surface area (Å²) in [7, 11) is 0. The molecule has 3 N–H and O–H groups in total. The Balaban J connectivity index is 2.14. The summed E-state index contributed by atoms with van der Waals surface area (Å²) in [6.45, 7) is 0.474. The number of hydrogen-bond acceptors (Lipinski definition) is 3. The maximum Gasteiger partial charge on any atom is 0.141 e. The number of pyridine rings is 1. The van der Waals surface area contributed by atoms with Crippen LogP contribution in [-0.4, -0.2) is 9.97 Å². The SMILES string of the molecule is NC(=S)c1ncccc1NCc1ccc(F)c(Cl)c1. The van der Waals surface area contributed by atoms with Crippen molar-refractivity contribution in [2.24, 2.45) is 5.73 Å². The number of aromatic nitrogens is 1. The lowest BCUT2D eigenvalue weighted by Crippen LogP contribution is -2.15. The van der Waals surface area contributed by atoms with E-state index < -0.39 is 5.82 Å². The molecule has 0 unspecified atom stereocenters. The van der Waals surface area contributed by atoms with E-state index in [-0.39, 0.29) is 10.0 Å². The van der Waals surface area contributed by atoms with Crippen molar-refractivity contribution in [2.75, 3.05) is 5.32 Å². The quantitative estimate of drug-likeness (QED) is 0.851. The number of anilines is 1. The van der Waals surface area contributed by atoms with Gasteiger partial charge in [0.15, 0.2) is 0 Å². The molecule has 2 rings (SSSR count). The summed E-state index contributed by atoms with van der Waals surface area (Å²) in [5.41, 5.74) is 7.70. The zero-order valence-corrected chi connectivity index (χ0v) is 11.4. The summed E-state index contributed by atoms with van der Waals surface area (Å²) < 4.78 is 13.0. The molecule has 1 aromatic heterocycles. The van der Waals surface area contributed by atoms with Crippen molar-refractivity contribution in [1.29, 1.82) is 0 Å². The molecule has 3 nitrogen and oxygen atoms in total. The summed E-state index contributed by atoms with van der Waals surface area (Å²) in [4.78, 5) is 4.33. The standard InChI is InChI=1S/C13H11ClFN3S/c14-9-6-8(3-4-10(9)15)7-18-11-2-1-5-17-12(11)13(16)19/h1-6,18H,7H2,(H2,16,19). The number of benzene rings is 1. The van der Waals surface area contributed by atoms with Crippen LogP contribution in [0.2, 0.25) is 5.02 Å². The lowest BCUT2D eigenvalue weighted by molar-refractivity contribution is 0.627. The zero-order valence-electron chi connectivity index (χ0n) is 9.86. The predicted octanol–water partition coefficient (Wildman–Crippen LogP) is 3.12. The highest BCUT2D eigenvalue weighted by atomic mass is 35.5. The van der Waals surface area contributed by atoms with Gasteiger partial charge in [0.05, 0.1) is 10.7 Å². The Morgan fingerprint density at radius 1 is 1.42 bits per heavy atom. The van der Waals surface area contributed by atoms with Crippen LogP contribution in [-0.2, 0) is 6.54 Å². The van der Waals surface area contributed by atoms with Crippen molar-refractivity contribution < 1.29 is 4.39 Å². The van der Waals surface area contributed by atoms with Gasteiger partial charge in [0, 0.05) is 12.7 Å².